The molecule has 31 heavy (non-hydrogen) atoms. The molecule has 2 aromatic carbocycles. The lowest BCUT2D eigenvalue weighted by atomic mass is 10.0. The second-order valence-corrected chi connectivity index (χ2v) is 7.28. The topological polar surface area (TPSA) is 116 Å². The number of hydrogen-bond acceptors (Lipinski definition) is 5. The van der Waals surface area contributed by atoms with Gasteiger partial charge >= 0.3 is 11.9 Å². The van der Waals surface area contributed by atoms with Crippen LogP contribution in [0.25, 0.3) is 0 Å². The summed E-state index contributed by atoms with van der Waals surface area (Å²) >= 11 is 5.99. The number of carbonyl (C=O) groups excluding carboxylic acids is 1. The van der Waals surface area contributed by atoms with Gasteiger partial charge in [-0.05, 0) is 50.3 Å². The second kappa shape index (κ2) is 13.4. The van der Waals surface area contributed by atoms with E-state index < -0.39 is 18.0 Å². The Morgan fingerprint density at radius 3 is 1.97 bits per heavy atom. The fourth-order valence-electron chi connectivity index (χ4n) is 2.67. The van der Waals surface area contributed by atoms with Crippen molar-refractivity contribution in [1.82, 2.24) is 10.2 Å². The number of ether oxygens (including phenoxy) is 1. The summed E-state index contributed by atoms with van der Waals surface area (Å²) in [5.41, 5.74) is 1.87. The number of methoxy groups -OCH3 is 1. The van der Waals surface area contributed by atoms with Gasteiger partial charge in [0.25, 0.3) is 5.91 Å². The van der Waals surface area contributed by atoms with Gasteiger partial charge in [0.2, 0.25) is 0 Å². The van der Waals surface area contributed by atoms with Crippen LogP contribution in [0.3, 0.4) is 0 Å². The molecule has 0 saturated carbocycles. The van der Waals surface area contributed by atoms with Gasteiger partial charge in [0.15, 0.2) is 6.10 Å². The van der Waals surface area contributed by atoms with Crippen LogP contribution in [0, 0.1) is 0 Å². The molecular weight excluding hydrogens is 424 g/mol. The Morgan fingerprint density at radius 2 is 1.52 bits per heavy atom. The highest BCUT2D eigenvalue weighted by Crippen LogP contribution is 2.23. The van der Waals surface area contributed by atoms with Crippen LogP contribution in [0.2, 0.25) is 5.02 Å². The Morgan fingerprint density at radius 1 is 0.968 bits per heavy atom. The molecule has 0 aliphatic rings. The molecule has 0 spiro atoms. The molecular formula is C22H27ClN2O6. The van der Waals surface area contributed by atoms with E-state index in [1.807, 2.05) is 68.7 Å². The molecule has 0 radical (unpaired) electrons. The number of rotatable bonds is 8. The largest absolute Gasteiger partial charge is 0.473 e. The summed E-state index contributed by atoms with van der Waals surface area (Å²) in [6, 6.07) is 17.0. The van der Waals surface area contributed by atoms with Crippen LogP contribution in [0.15, 0.2) is 54.6 Å². The van der Waals surface area contributed by atoms with Gasteiger partial charge in [-0.1, -0.05) is 54.1 Å². The van der Waals surface area contributed by atoms with Crippen molar-refractivity contribution >= 4 is 29.4 Å². The monoisotopic (exact) mass is 450 g/mol. The molecule has 0 heterocycles. The molecule has 3 N–H and O–H groups in total. The third-order valence-electron chi connectivity index (χ3n) is 4.21. The average molecular weight is 451 g/mol. The fourth-order valence-corrected chi connectivity index (χ4v) is 2.80. The molecule has 2 aromatic rings. The van der Waals surface area contributed by atoms with Crippen molar-refractivity contribution in [2.45, 2.75) is 18.6 Å². The van der Waals surface area contributed by atoms with Crippen molar-refractivity contribution in [3.8, 4) is 0 Å². The number of benzene rings is 2. The summed E-state index contributed by atoms with van der Waals surface area (Å²) in [6.45, 7) is 0.858. The molecule has 9 heteroatoms. The summed E-state index contributed by atoms with van der Waals surface area (Å²) < 4.78 is 5.44. The van der Waals surface area contributed by atoms with Crippen molar-refractivity contribution in [1.29, 1.82) is 0 Å². The quantitative estimate of drug-likeness (QED) is 0.529. The lowest BCUT2D eigenvalue weighted by Gasteiger charge is -2.24. The van der Waals surface area contributed by atoms with E-state index in [0.29, 0.717) is 5.02 Å². The van der Waals surface area contributed by atoms with Crippen LogP contribution in [-0.4, -0.2) is 60.7 Å². The normalized spacial score (nSPS) is 12.3. The molecule has 1 amide bonds. The number of carbonyl (C=O) groups is 3. The molecule has 0 saturated heterocycles. The Hall–Kier alpha value is -2.94. The summed E-state index contributed by atoms with van der Waals surface area (Å²) in [7, 11) is 5.58. The molecule has 0 aliphatic carbocycles. The highest BCUT2D eigenvalue weighted by atomic mass is 35.5. The van der Waals surface area contributed by atoms with Crippen LogP contribution < -0.4 is 5.32 Å². The SMILES string of the molecule is COC(C(=O)N[C@H](CCN(C)C)c1ccc(Cl)cc1)c1ccccc1.O=C(O)C(=O)O. The minimum atomic E-state index is -1.82. The Balaban J connectivity index is 0.000000703. The van der Waals surface area contributed by atoms with E-state index in [1.165, 1.54) is 0 Å². The number of hydrogen-bond donors (Lipinski definition) is 3. The maximum absolute atomic E-state index is 12.8. The molecule has 0 fully saturated rings. The first-order valence-corrected chi connectivity index (χ1v) is 9.78. The number of aliphatic carboxylic acids is 2. The van der Waals surface area contributed by atoms with E-state index in [0.717, 1.165) is 24.1 Å². The minimum absolute atomic E-state index is 0.103. The van der Waals surface area contributed by atoms with Crippen LogP contribution in [0.1, 0.15) is 29.7 Å². The molecule has 2 rings (SSSR count). The number of carboxylic acid groups (broad SMARTS) is 2. The van der Waals surface area contributed by atoms with Gasteiger partial charge in [0, 0.05) is 12.1 Å². The molecule has 1 unspecified atom stereocenters. The van der Waals surface area contributed by atoms with E-state index in [9.17, 15) is 4.79 Å². The minimum Gasteiger partial charge on any atom is -0.473 e. The van der Waals surface area contributed by atoms with E-state index >= 15 is 0 Å². The number of nitrogens with zero attached hydrogens (tertiary/aromatic N) is 1. The van der Waals surface area contributed by atoms with Crippen molar-refractivity contribution in [3.63, 3.8) is 0 Å². The van der Waals surface area contributed by atoms with Crippen molar-refractivity contribution in [2.75, 3.05) is 27.7 Å². The van der Waals surface area contributed by atoms with Crippen LogP contribution >= 0.6 is 11.6 Å². The van der Waals surface area contributed by atoms with Crippen LogP contribution in [0.4, 0.5) is 0 Å². The van der Waals surface area contributed by atoms with Gasteiger partial charge in [0.05, 0.1) is 6.04 Å². The van der Waals surface area contributed by atoms with Crippen molar-refractivity contribution < 1.29 is 29.3 Å². The van der Waals surface area contributed by atoms with E-state index in [2.05, 4.69) is 10.2 Å². The maximum atomic E-state index is 12.8. The van der Waals surface area contributed by atoms with Crippen LogP contribution in [0.5, 0.6) is 0 Å². The molecule has 0 bridgehead atoms. The molecule has 2 atom stereocenters. The van der Waals surface area contributed by atoms with E-state index in [1.54, 1.807) is 7.11 Å². The zero-order valence-corrected chi connectivity index (χ0v) is 18.4. The zero-order valence-electron chi connectivity index (χ0n) is 17.6. The lowest BCUT2D eigenvalue weighted by Crippen LogP contribution is -2.35. The number of nitrogens with one attached hydrogen (secondary N) is 1. The Labute approximate surface area is 186 Å². The highest BCUT2D eigenvalue weighted by molar-refractivity contribution is 6.30. The molecule has 168 valence electrons. The lowest BCUT2D eigenvalue weighted by molar-refractivity contribution is -0.159. The van der Waals surface area contributed by atoms with Crippen molar-refractivity contribution in [2.24, 2.45) is 0 Å². The first kappa shape index (κ1) is 26.1. The highest BCUT2D eigenvalue weighted by Gasteiger charge is 2.23. The predicted octanol–water partition coefficient (Wildman–Crippen LogP) is 2.99. The first-order valence-electron chi connectivity index (χ1n) is 9.40. The number of carboxylic acids is 2. The number of halogens is 1. The van der Waals surface area contributed by atoms with Gasteiger partial charge in [-0.2, -0.15) is 0 Å². The van der Waals surface area contributed by atoms with Crippen LogP contribution in [-0.2, 0) is 19.1 Å². The predicted molar refractivity (Wildman–Crippen MR) is 117 cm³/mol. The summed E-state index contributed by atoms with van der Waals surface area (Å²) in [4.78, 5) is 33.1. The Bertz CT molecular complexity index is 831. The van der Waals surface area contributed by atoms with E-state index in [4.69, 9.17) is 36.1 Å². The van der Waals surface area contributed by atoms with Gasteiger partial charge in [-0.3, -0.25) is 4.79 Å². The maximum Gasteiger partial charge on any atom is 0.414 e. The van der Waals surface area contributed by atoms with E-state index in [-0.39, 0.29) is 11.9 Å². The fraction of sp³-hybridized carbons (Fsp3) is 0.318. The summed E-state index contributed by atoms with van der Waals surface area (Å²) in [6.07, 6.45) is 0.168. The first-order chi connectivity index (χ1) is 14.6. The standard InChI is InChI=1S/C20H25ClN2O2.C2H2O4/c1-23(2)14-13-18(15-9-11-17(21)12-10-15)22-20(24)19(25-3)16-7-5-4-6-8-16;3-1(4)2(5)6/h4-12,18-19H,13-14H2,1-3H3,(H,22,24);(H,3,4)(H,5,6)/t18-,19?;/m1./s1. The smallest absolute Gasteiger partial charge is 0.414 e. The second-order valence-electron chi connectivity index (χ2n) is 6.84. The third-order valence-corrected chi connectivity index (χ3v) is 4.46. The average Bonchev–Trinajstić information content (AvgIpc) is 2.73. The van der Waals surface area contributed by atoms with Gasteiger partial charge < -0.3 is 25.2 Å². The zero-order chi connectivity index (χ0) is 23.4. The van der Waals surface area contributed by atoms with Gasteiger partial charge in [-0.15, -0.1) is 0 Å². The molecule has 0 aromatic heterocycles. The van der Waals surface area contributed by atoms with Gasteiger partial charge in [0.1, 0.15) is 0 Å². The molecule has 8 nitrogen and oxygen atoms in total. The van der Waals surface area contributed by atoms with Crippen molar-refractivity contribution in [3.05, 3.63) is 70.7 Å². The molecule has 0 aliphatic heterocycles. The number of amides is 1. The Kier molecular flexibility index (Phi) is 11.3. The van der Waals surface area contributed by atoms with Gasteiger partial charge in [-0.25, -0.2) is 9.59 Å². The third kappa shape index (κ3) is 9.61. The summed E-state index contributed by atoms with van der Waals surface area (Å²) in [5.74, 6) is -3.79. The summed E-state index contributed by atoms with van der Waals surface area (Å²) in [5, 5.41) is 18.6.